The van der Waals surface area contributed by atoms with Crippen molar-refractivity contribution in [1.29, 1.82) is 0 Å². The van der Waals surface area contributed by atoms with Gasteiger partial charge in [0.05, 0.1) is 4.92 Å². The van der Waals surface area contributed by atoms with Crippen molar-refractivity contribution in [3.05, 3.63) is 33.9 Å². The van der Waals surface area contributed by atoms with Gasteiger partial charge in [0.15, 0.2) is 5.11 Å². The maximum Gasteiger partial charge on any atom is 0.423 e. The predicted molar refractivity (Wildman–Crippen MR) is 58.5 cm³/mol. The van der Waals surface area contributed by atoms with Gasteiger partial charge in [-0.3, -0.25) is 10.1 Å². The Morgan fingerprint density at radius 3 is 2.47 bits per heavy atom. The molecule has 0 saturated heterocycles. The van der Waals surface area contributed by atoms with E-state index in [9.17, 15) is 23.3 Å². The summed E-state index contributed by atoms with van der Waals surface area (Å²) in [7, 11) is 0. The lowest BCUT2D eigenvalue weighted by atomic mass is 10.1. The normalized spacial score (nSPS) is 11.0. The molecule has 5 nitrogen and oxygen atoms in total. The molecule has 9 heteroatoms. The Kier molecular flexibility index (Phi) is 3.51. The molecule has 0 heterocycles. The fourth-order valence-corrected chi connectivity index (χ4v) is 1.26. The van der Waals surface area contributed by atoms with Crippen LogP contribution in [-0.4, -0.2) is 10.0 Å². The molecular weight excluding hydrogens is 259 g/mol. The van der Waals surface area contributed by atoms with E-state index < -0.39 is 22.4 Å². The summed E-state index contributed by atoms with van der Waals surface area (Å²) in [5, 5.41) is 12.5. The van der Waals surface area contributed by atoms with E-state index >= 15 is 0 Å². The minimum atomic E-state index is -4.82. The first kappa shape index (κ1) is 13.2. The molecule has 0 fully saturated rings. The average molecular weight is 265 g/mol. The van der Waals surface area contributed by atoms with Gasteiger partial charge in [0.25, 0.3) is 5.69 Å². The van der Waals surface area contributed by atoms with E-state index in [1.165, 1.54) is 0 Å². The van der Waals surface area contributed by atoms with Gasteiger partial charge >= 0.3 is 6.18 Å². The van der Waals surface area contributed by atoms with Crippen LogP contribution in [0.15, 0.2) is 18.2 Å². The topological polar surface area (TPSA) is 81.2 Å². The Balaban J connectivity index is 3.29. The number of hydrogen-bond acceptors (Lipinski definition) is 3. The Morgan fingerprint density at radius 1 is 1.47 bits per heavy atom. The first-order valence-electron chi connectivity index (χ1n) is 4.14. The predicted octanol–water partition coefficient (Wildman–Crippen LogP) is 2.27. The molecule has 0 aliphatic carbocycles. The van der Waals surface area contributed by atoms with Crippen molar-refractivity contribution in [2.24, 2.45) is 5.73 Å². The van der Waals surface area contributed by atoms with Crippen LogP contribution in [0.2, 0.25) is 0 Å². The van der Waals surface area contributed by atoms with E-state index in [-0.39, 0.29) is 10.8 Å². The van der Waals surface area contributed by atoms with Crippen LogP contribution < -0.4 is 11.1 Å². The maximum atomic E-state index is 12.5. The highest BCUT2D eigenvalue weighted by Crippen LogP contribution is 2.37. The van der Waals surface area contributed by atoms with E-state index in [1.807, 2.05) is 0 Å². The highest BCUT2D eigenvalue weighted by Gasteiger charge is 2.38. The lowest BCUT2D eigenvalue weighted by Crippen LogP contribution is -2.19. The molecule has 3 N–H and O–H groups in total. The van der Waals surface area contributed by atoms with Crippen molar-refractivity contribution in [3.63, 3.8) is 0 Å². The lowest BCUT2D eigenvalue weighted by molar-refractivity contribution is -0.388. The third kappa shape index (κ3) is 3.28. The van der Waals surface area contributed by atoms with Crippen molar-refractivity contribution in [1.82, 2.24) is 0 Å². The fourth-order valence-electron chi connectivity index (χ4n) is 1.14. The van der Waals surface area contributed by atoms with Gasteiger partial charge in [0, 0.05) is 11.8 Å². The standard InChI is InChI=1S/C8H6F3N3O2S/c9-8(10,11)5-3-4(13-7(12)17)1-2-6(5)14(15)16/h1-3H,(H3,12,13,17). The van der Waals surface area contributed by atoms with E-state index in [4.69, 9.17) is 5.73 Å². The number of anilines is 1. The van der Waals surface area contributed by atoms with Gasteiger partial charge < -0.3 is 11.1 Å². The molecule has 1 aromatic rings. The van der Waals surface area contributed by atoms with Gasteiger partial charge in [0.1, 0.15) is 5.56 Å². The minimum Gasteiger partial charge on any atom is -0.376 e. The first-order valence-corrected chi connectivity index (χ1v) is 4.54. The second-order valence-electron chi connectivity index (χ2n) is 2.98. The number of halogens is 3. The Bertz CT molecular complexity index is 476. The van der Waals surface area contributed by atoms with Gasteiger partial charge in [-0.2, -0.15) is 13.2 Å². The number of thiocarbonyl (C=S) groups is 1. The van der Waals surface area contributed by atoms with Gasteiger partial charge in [-0.1, -0.05) is 0 Å². The third-order valence-corrected chi connectivity index (χ3v) is 1.87. The second kappa shape index (κ2) is 4.53. The number of nitro groups is 1. The van der Waals surface area contributed by atoms with Crippen LogP contribution in [0.25, 0.3) is 0 Å². The molecule has 1 aromatic carbocycles. The molecule has 0 aromatic heterocycles. The monoisotopic (exact) mass is 265 g/mol. The molecule has 0 saturated carbocycles. The SMILES string of the molecule is NC(=S)Nc1ccc([N+](=O)[O-])c(C(F)(F)F)c1. The molecule has 0 amide bonds. The molecule has 92 valence electrons. The zero-order valence-electron chi connectivity index (χ0n) is 8.12. The number of benzene rings is 1. The van der Waals surface area contributed by atoms with Crippen LogP contribution in [0.5, 0.6) is 0 Å². The van der Waals surface area contributed by atoms with Crippen molar-refractivity contribution in [3.8, 4) is 0 Å². The van der Waals surface area contributed by atoms with Crippen LogP contribution in [0.1, 0.15) is 5.56 Å². The summed E-state index contributed by atoms with van der Waals surface area (Å²) < 4.78 is 37.6. The quantitative estimate of drug-likeness (QED) is 0.487. The van der Waals surface area contributed by atoms with Gasteiger partial charge in [-0.25, -0.2) is 0 Å². The molecule has 0 atom stereocenters. The number of nitrogens with zero attached hydrogens (tertiary/aromatic N) is 1. The van der Waals surface area contributed by atoms with Crippen LogP contribution in [0.4, 0.5) is 24.5 Å². The molecule has 0 bridgehead atoms. The first-order chi connectivity index (χ1) is 7.71. The Hall–Kier alpha value is -1.90. The molecule has 1 rings (SSSR count). The van der Waals surface area contributed by atoms with Crippen molar-refractivity contribution in [2.75, 3.05) is 5.32 Å². The Labute approximate surface area is 98.6 Å². The van der Waals surface area contributed by atoms with Crippen molar-refractivity contribution in [2.45, 2.75) is 6.18 Å². The molecule has 0 aliphatic heterocycles. The molecule has 17 heavy (non-hydrogen) atoms. The summed E-state index contributed by atoms with van der Waals surface area (Å²) in [5.41, 5.74) is 2.65. The third-order valence-electron chi connectivity index (χ3n) is 1.77. The number of nitrogens with two attached hydrogens (primary N) is 1. The number of nitrogens with one attached hydrogen (secondary N) is 1. The van der Waals surface area contributed by atoms with Crippen LogP contribution >= 0.6 is 12.2 Å². The minimum absolute atomic E-state index is 0.0598. The fraction of sp³-hybridized carbons (Fsp3) is 0.125. The molecular formula is C8H6F3N3O2S. The zero-order chi connectivity index (χ0) is 13.2. The summed E-state index contributed by atoms with van der Waals surface area (Å²) in [6.07, 6.45) is -4.82. The van der Waals surface area contributed by atoms with Crippen molar-refractivity contribution >= 4 is 28.7 Å². The second-order valence-corrected chi connectivity index (χ2v) is 3.42. The van der Waals surface area contributed by atoms with Crippen LogP contribution in [0.3, 0.4) is 0 Å². The Morgan fingerprint density at radius 2 is 2.06 bits per heavy atom. The highest BCUT2D eigenvalue weighted by atomic mass is 32.1. The lowest BCUT2D eigenvalue weighted by Gasteiger charge is -2.10. The van der Waals surface area contributed by atoms with Gasteiger partial charge in [-0.05, 0) is 24.4 Å². The average Bonchev–Trinajstić information content (AvgIpc) is 2.14. The number of alkyl halides is 3. The summed E-state index contributed by atoms with van der Waals surface area (Å²) >= 11 is 4.45. The maximum absolute atomic E-state index is 12.5. The van der Waals surface area contributed by atoms with Crippen LogP contribution in [-0.2, 0) is 6.18 Å². The molecule has 0 radical (unpaired) electrons. The summed E-state index contributed by atoms with van der Waals surface area (Å²) in [4.78, 5) is 9.33. The molecule has 0 unspecified atom stereocenters. The summed E-state index contributed by atoms with van der Waals surface area (Å²) in [6.45, 7) is 0. The molecule has 0 spiro atoms. The highest BCUT2D eigenvalue weighted by molar-refractivity contribution is 7.80. The number of nitro benzene ring substituents is 1. The smallest absolute Gasteiger partial charge is 0.376 e. The van der Waals surface area contributed by atoms with E-state index in [1.54, 1.807) is 0 Å². The van der Waals surface area contributed by atoms with Crippen molar-refractivity contribution < 1.29 is 18.1 Å². The summed E-state index contributed by atoms with van der Waals surface area (Å²) in [6, 6.07) is 2.41. The number of hydrogen-bond donors (Lipinski definition) is 2. The van der Waals surface area contributed by atoms with Gasteiger partial charge in [-0.15, -0.1) is 0 Å². The largest absolute Gasteiger partial charge is 0.423 e. The molecule has 0 aliphatic rings. The van der Waals surface area contributed by atoms with E-state index in [2.05, 4.69) is 17.5 Å². The van der Waals surface area contributed by atoms with Crippen LogP contribution in [0, 0.1) is 10.1 Å². The van der Waals surface area contributed by atoms with E-state index in [0.717, 1.165) is 12.1 Å². The number of rotatable bonds is 2. The van der Waals surface area contributed by atoms with E-state index in [0.29, 0.717) is 6.07 Å². The summed E-state index contributed by atoms with van der Waals surface area (Å²) in [5.74, 6) is 0. The zero-order valence-corrected chi connectivity index (χ0v) is 8.93. The van der Waals surface area contributed by atoms with Gasteiger partial charge in [0.2, 0.25) is 0 Å².